The Morgan fingerprint density at radius 1 is 1.17 bits per heavy atom. The largest absolute Gasteiger partial charge is 0.448 e. The Bertz CT molecular complexity index is 1010. The number of thiazole rings is 1. The summed E-state index contributed by atoms with van der Waals surface area (Å²) in [5.41, 5.74) is 1.89. The van der Waals surface area contributed by atoms with E-state index < -0.39 is 12.1 Å². The number of ether oxygens (including phenoxy) is 1. The quantitative estimate of drug-likeness (QED) is 0.548. The number of esters is 1. The molecule has 0 radical (unpaired) electrons. The van der Waals surface area contributed by atoms with Gasteiger partial charge in [0.05, 0.1) is 0 Å². The van der Waals surface area contributed by atoms with E-state index in [2.05, 4.69) is 10.3 Å². The molecular formula is C22H22FN3O3S. The van der Waals surface area contributed by atoms with Crippen LogP contribution >= 0.6 is 11.3 Å². The minimum atomic E-state index is -0.988. The Balaban J connectivity index is 1.52. The van der Waals surface area contributed by atoms with Crippen LogP contribution in [0.25, 0.3) is 0 Å². The van der Waals surface area contributed by atoms with Crippen molar-refractivity contribution in [1.29, 1.82) is 0 Å². The Morgan fingerprint density at radius 2 is 1.90 bits per heavy atom. The molecule has 3 aromatic rings. The third kappa shape index (κ3) is 5.87. The molecule has 1 amide bonds. The summed E-state index contributed by atoms with van der Waals surface area (Å²) in [4.78, 5) is 30.5. The molecule has 1 aromatic heterocycles. The molecule has 0 fully saturated rings. The molecule has 0 spiro atoms. The van der Waals surface area contributed by atoms with Gasteiger partial charge in [0.1, 0.15) is 5.82 Å². The molecule has 0 bridgehead atoms. The first-order chi connectivity index (χ1) is 14.4. The van der Waals surface area contributed by atoms with Crippen LogP contribution in [0.4, 0.5) is 9.52 Å². The first-order valence-corrected chi connectivity index (χ1v) is 10.2. The highest BCUT2D eigenvalue weighted by atomic mass is 32.1. The molecule has 1 atom stereocenters. The minimum Gasteiger partial charge on any atom is -0.448 e. The molecule has 0 aliphatic carbocycles. The summed E-state index contributed by atoms with van der Waals surface area (Å²) < 4.78 is 18.6. The molecule has 6 nitrogen and oxygen atoms in total. The zero-order valence-corrected chi connectivity index (χ0v) is 17.5. The molecular weight excluding hydrogens is 405 g/mol. The first kappa shape index (κ1) is 21.4. The highest BCUT2D eigenvalue weighted by molar-refractivity contribution is 7.13. The number of carbonyl (C=O) groups excluding carboxylic acids is 2. The number of nitrogens with one attached hydrogen (secondary N) is 1. The van der Waals surface area contributed by atoms with Gasteiger partial charge in [-0.3, -0.25) is 4.79 Å². The van der Waals surface area contributed by atoms with Crippen LogP contribution in [-0.2, 0) is 22.6 Å². The average molecular weight is 428 g/mol. The van der Waals surface area contributed by atoms with E-state index in [1.807, 2.05) is 30.3 Å². The Labute approximate surface area is 178 Å². The highest BCUT2D eigenvalue weighted by Gasteiger charge is 2.23. The van der Waals surface area contributed by atoms with Crippen LogP contribution in [0.5, 0.6) is 0 Å². The van der Waals surface area contributed by atoms with Crippen LogP contribution in [-0.4, -0.2) is 34.9 Å². The summed E-state index contributed by atoms with van der Waals surface area (Å²) in [6.45, 7) is 2.30. The first-order valence-electron chi connectivity index (χ1n) is 9.36. The third-order valence-electron chi connectivity index (χ3n) is 4.32. The maximum absolute atomic E-state index is 13.3. The number of anilines is 1. The van der Waals surface area contributed by atoms with Crippen LogP contribution in [0, 0.1) is 5.82 Å². The maximum atomic E-state index is 13.3. The van der Waals surface area contributed by atoms with E-state index in [-0.39, 0.29) is 24.0 Å². The van der Waals surface area contributed by atoms with Crippen molar-refractivity contribution in [1.82, 2.24) is 9.88 Å². The standard InChI is InChI=1S/C22H22FN3O3S/c1-15(20(27)26(2)13-17-9-6-10-18(23)11-17)29-21(28)19-14-30-22(25-19)24-12-16-7-4-3-5-8-16/h3-11,14-15H,12-13H2,1-2H3,(H,24,25). The number of hydrogen-bond acceptors (Lipinski definition) is 6. The summed E-state index contributed by atoms with van der Waals surface area (Å²) in [6, 6.07) is 15.8. The van der Waals surface area contributed by atoms with E-state index in [0.29, 0.717) is 17.2 Å². The number of amides is 1. The SMILES string of the molecule is CC(OC(=O)c1csc(NCc2ccccc2)n1)C(=O)N(C)Cc1cccc(F)c1. The van der Waals surface area contributed by atoms with Crippen LogP contribution in [0.2, 0.25) is 0 Å². The number of halogens is 1. The van der Waals surface area contributed by atoms with Gasteiger partial charge >= 0.3 is 5.97 Å². The van der Waals surface area contributed by atoms with Gasteiger partial charge in [-0.25, -0.2) is 14.2 Å². The average Bonchev–Trinajstić information content (AvgIpc) is 3.21. The molecule has 156 valence electrons. The molecule has 3 rings (SSSR count). The normalized spacial score (nSPS) is 11.6. The topological polar surface area (TPSA) is 71.5 Å². The van der Waals surface area contributed by atoms with Gasteiger partial charge in [-0.1, -0.05) is 42.5 Å². The van der Waals surface area contributed by atoms with Gasteiger partial charge in [-0.05, 0) is 30.2 Å². The Hall–Kier alpha value is -3.26. The van der Waals surface area contributed by atoms with Gasteiger partial charge < -0.3 is 15.0 Å². The Morgan fingerprint density at radius 3 is 2.63 bits per heavy atom. The van der Waals surface area contributed by atoms with Crippen LogP contribution < -0.4 is 5.32 Å². The summed E-state index contributed by atoms with van der Waals surface area (Å²) in [7, 11) is 1.58. The lowest BCUT2D eigenvalue weighted by molar-refractivity contribution is -0.139. The summed E-state index contributed by atoms with van der Waals surface area (Å²) in [5.74, 6) is -1.42. The lowest BCUT2D eigenvalue weighted by atomic mass is 10.2. The second kappa shape index (κ2) is 9.98. The fourth-order valence-electron chi connectivity index (χ4n) is 2.79. The van der Waals surface area contributed by atoms with E-state index in [9.17, 15) is 14.0 Å². The van der Waals surface area contributed by atoms with Gasteiger partial charge in [0.15, 0.2) is 16.9 Å². The second-order valence-electron chi connectivity index (χ2n) is 6.75. The number of benzene rings is 2. The fourth-order valence-corrected chi connectivity index (χ4v) is 3.47. The fraction of sp³-hybridized carbons (Fsp3) is 0.227. The van der Waals surface area contributed by atoms with Crippen molar-refractivity contribution in [2.24, 2.45) is 0 Å². The van der Waals surface area contributed by atoms with Gasteiger partial charge in [-0.2, -0.15) is 0 Å². The van der Waals surface area contributed by atoms with Crippen molar-refractivity contribution in [3.8, 4) is 0 Å². The number of likely N-dealkylation sites (N-methyl/N-ethyl adjacent to an activating group) is 1. The van der Waals surface area contributed by atoms with E-state index in [1.54, 1.807) is 24.6 Å². The minimum absolute atomic E-state index is 0.142. The number of carbonyl (C=O) groups is 2. The van der Waals surface area contributed by atoms with Gasteiger partial charge in [0.25, 0.3) is 5.91 Å². The molecule has 8 heteroatoms. The van der Waals surface area contributed by atoms with Crippen LogP contribution in [0.15, 0.2) is 60.0 Å². The molecule has 2 aromatic carbocycles. The Kier molecular flexibility index (Phi) is 7.13. The molecule has 0 aliphatic rings. The monoisotopic (exact) mass is 427 g/mol. The molecule has 1 unspecified atom stereocenters. The zero-order valence-electron chi connectivity index (χ0n) is 16.7. The molecule has 1 heterocycles. The van der Waals surface area contributed by atoms with Crippen molar-refractivity contribution >= 4 is 28.3 Å². The van der Waals surface area contributed by atoms with Crippen molar-refractivity contribution < 1.29 is 18.7 Å². The molecule has 0 saturated carbocycles. The molecule has 0 saturated heterocycles. The van der Waals surface area contributed by atoms with Gasteiger partial charge in [0.2, 0.25) is 0 Å². The number of rotatable bonds is 8. The number of nitrogens with zero attached hydrogens (tertiary/aromatic N) is 2. The van der Waals surface area contributed by atoms with Crippen molar-refractivity contribution in [3.05, 3.63) is 82.6 Å². The predicted octanol–water partition coefficient (Wildman–Crippen LogP) is 4.10. The van der Waals surface area contributed by atoms with Crippen molar-refractivity contribution in [2.75, 3.05) is 12.4 Å². The lowest BCUT2D eigenvalue weighted by Gasteiger charge is -2.21. The van der Waals surface area contributed by atoms with Crippen LogP contribution in [0.3, 0.4) is 0 Å². The predicted molar refractivity (Wildman–Crippen MR) is 114 cm³/mol. The van der Waals surface area contributed by atoms with E-state index in [0.717, 1.165) is 5.56 Å². The van der Waals surface area contributed by atoms with E-state index in [4.69, 9.17) is 4.74 Å². The van der Waals surface area contributed by atoms with Gasteiger partial charge in [-0.15, -0.1) is 11.3 Å². The third-order valence-corrected chi connectivity index (χ3v) is 5.12. The number of aromatic nitrogens is 1. The lowest BCUT2D eigenvalue weighted by Crippen LogP contribution is -2.37. The molecule has 1 N–H and O–H groups in total. The van der Waals surface area contributed by atoms with Crippen molar-refractivity contribution in [3.63, 3.8) is 0 Å². The number of hydrogen-bond donors (Lipinski definition) is 1. The second-order valence-corrected chi connectivity index (χ2v) is 7.61. The van der Waals surface area contributed by atoms with Gasteiger partial charge in [0, 0.05) is 25.5 Å². The summed E-state index contributed by atoms with van der Waals surface area (Å²) in [5, 5.41) is 5.33. The van der Waals surface area contributed by atoms with Crippen LogP contribution in [0.1, 0.15) is 28.5 Å². The molecule has 30 heavy (non-hydrogen) atoms. The summed E-state index contributed by atoms with van der Waals surface area (Å²) >= 11 is 1.29. The highest BCUT2D eigenvalue weighted by Crippen LogP contribution is 2.18. The van der Waals surface area contributed by atoms with Crippen molar-refractivity contribution in [2.45, 2.75) is 26.1 Å². The smallest absolute Gasteiger partial charge is 0.358 e. The van der Waals surface area contributed by atoms with E-state index >= 15 is 0 Å². The maximum Gasteiger partial charge on any atom is 0.358 e. The van der Waals surface area contributed by atoms with E-state index in [1.165, 1.54) is 35.3 Å². The molecule has 0 aliphatic heterocycles. The summed E-state index contributed by atoms with van der Waals surface area (Å²) in [6.07, 6.45) is -0.988. The zero-order chi connectivity index (χ0) is 21.5.